The third-order valence-electron chi connectivity index (χ3n) is 5.28. The predicted molar refractivity (Wildman–Crippen MR) is 93.3 cm³/mol. The van der Waals surface area contributed by atoms with Crippen molar-refractivity contribution in [2.24, 2.45) is 5.92 Å². The molecule has 1 saturated heterocycles. The SMILES string of the molecule is C[C@@H]1CN(C(=O)C(C)(O)C(F)(F)F)CC[C@@H]1c1ccnn1-c1ccc(F)cc1. The Hall–Kier alpha value is -2.42. The number of alkyl halides is 3. The first-order valence-corrected chi connectivity index (χ1v) is 8.90. The summed E-state index contributed by atoms with van der Waals surface area (Å²) in [6.07, 6.45) is -3.00. The highest BCUT2D eigenvalue weighted by Crippen LogP contribution is 2.37. The van der Waals surface area contributed by atoms with Crippen molar-refractivity contribution in [3.63, 3.8) is 0 Å². The number of likely N-dealkylation sites (tertiary alicyclic amines) is 1. The van der Waals surface area contributed by atoms with Gasteiger partial charge in [0.05, 0.1) is 5.69 Å². The third-order valence-corrected chi connectivity index (χ3v) is 5.28. The number of piperidine rings is 1. The van der Waals surface area contributed by atoms with Crippen molar-refractivity contribution in [2.45, 2.75) is 38.0 Å². The average Bonchev–Trinajstić information content (AvgIpc) is 3.10. The highest BCUT2D eigenvalue weighted by atomic mass is 19.4. The molecule has 1 fully saturated rings. The van der Waals surface area contributed by atoms with E-state index in [1.807, 2.05) is 13.0 Å². The molecular weight excluding hydrogens is 378 g/mol. The third kappa shape index (κ3) is 3.63. The number of rotatable bonds is 3. The number of aliphatic hydroxyl groups is 1. The van der Waals surface area contributed by atoms with Crippen molar-refractivity contribution in [3.05, 3.63) is 48.0 Å². The van der Waals surface area contributed by atoms with E-state index in [0.717, 1.165) is 10.6 Å². The molecule has 0 bridgehead atoms. The molecule has 1 aromatic heterocycles. The standard InChI is InChI=1S/C19H21F4N3O2/c1-12-11-25(17(27)18(2,28)19(21,22)23)10-8-15(12)16-7-9-24-26(16)14-5-3-13(20)4-6-14/h3-7,9,12,15,28H,8,10-11H2,1-2H3/t12-,15+,18?/m1/s1. The molecule has 152 valence electrons. The number of amides is 1. The van der Waals surface area contributed by atoms with Crippen LogP contribution in [-0.2, 0) is 4.79 Å². The molecular formula is C19H21F4N3O2. The maximum Gasteiger partial charge on any atom is 0.426 e. The molecule has 1 aliphatic rings. The quantitative estimate of drug-likeness (QED) is 0.806. The largest absolute Gasteiger partial charge is 0.426 e. The molecule has 28 heavy (non-hydrogen) atoms. The van der Waals surface area contributed by atoms with Crippen molar-refractivity contribution in [1.82, 2.24) is 14.7 Å². The fourth-order valence-corrected chi connectivity index (χ4v) is 3.59. The molecule has 3 rings (SSSR count). The summed E-state index contributed by atoms with van der Waals surface area (Å²) in [6, 6.07) is 7.65. The van der Waals surface area contributed by atoms with Crippen LogP contribution in [0.1, 0.15) is 31.9 Å². The van der Waals surface area contributed by atoms with Gasteiger partial charge >= 0.3 is 6.18 Å². The molecule has 2 aromatic rings. The molecule has 0 saturated carbocycles. The average molecular weight is 399 g/mol. The van der Waals surface area contributed by atoms with Gasteiger partial charge in [0, 0.05) is 30.9 Å². The van der Waals surface area contributed by atoms with E-state index in [9.17, 15) is 27.5 Å². The van der Waals surface area contributed by atoms with Crippen molar-refractivity contribution >= 4 is 5.91 Å². The Balaban J connectivity index is 1.78. The molecule has 3 atom stereocenters. The number of carbonyl (C=O) groups is 1. The van der Waals surface area contributed by atoms with E-state index in [-0.39, 0.29) is 30.7 Å². The van der Waals surface area contributed by atoms with Gasteiger partial charge in [0.2, 0.25) is 5.60 Å². The number of benzene rings is 1. The maximum absolute atomic E-state index is 13.2. The summed E-state index contributed by atoms with van der Waals surface area (Å²) in [5, 5.41) is 13.9. The molecule has 2 heterocycles. The Labute approximate surface area is 159 Å². The van der Waals surface area contributed by atoms with E-state index in [1.165, 1.54) is 12.1 Å². The zero-order valence-corrected chi connectivity index (χ0v) is 15.4. The molecule has 0 spiro atoms. The van der Waals surface area contributed by atoms with Gasteiger partial charge in [0.15, 0.2) is 0 Å². The summed E-state index contributed by atoms with van der Waals surface area (Å²) >= 11 is 0. The Kier molecular flexibility index (Phi) is 5.22. The van der Waals surface area contributed by atoms with Gasteiger partial charge in [-0.25, -0.2) is 9.07 Å². The van der Waals surface area contributed by atoms with E-state index in [2.05, 4.69) is 5.10 Å². The van der Waals surface area contributed by atoms with E-state index < -0.39 is 17.7 Å². The summed E-state index contributed by atoms with van der Waals surface area (Å²) in [4.78, 5) is 13.3. The lowest BCUT2D eigenvalue weighted by molar-refractivity contribution is -0.250. The van der Waals surface area contributed by atoms with Gasteiger partial charge in [-0.3, -0.25) is 4.79 Å². The first-order chi connectivity index (χ1) is 13.0. The smallest absolute Gasteiger partial charge is 0.373 e. The first kappa shape index (κ1) is 20.3. The van der Waals surface area contributed by atoms with Crippen molar-refractivity contribution in [1.29, 1.82) is 0 Å². The Morgan fingerprint density at radius 2 is 1.86 bits per heavy atom. The number of nitrogens with zero attached hydrogens (tertiary/aromatic N) is 3. The number of carbonyl (C=O) groups excluding carboxylic acids is 1. The van der Waals surface area contributed by atoms with Gasteiger partial charge in [-0.15, -0.1) is 0 Å². The minimum absolute atomic E-state index is 0.0487. The fourth-order valence-electron chi connectivity index (χ4n) is 3.59. The molecule has 1 N–H and O–H groups in total. The lowest BCUT2D eigenvalue weighted by Crippen LogP contribution is -2.58. The van der Waals surface area contributed by atoms with Crippen LogP contribution < -0.4 is 0 Å². The number of halogens is 4. The van der Waals surface area contributed by atoms with E-state index >= 15 is 0 Å². The normalized spacial score (nSPS) is 22.8. The highest BCUT2D eigenvalue weighted by molar-refractivity contribution is 5.85. The van der Waals surface area contributed by atoms with Crippen molar-refractivity contribution in [2.75, 3.05) is 13.1 Å². The summed E-state index contributed by atoms with van der Waals surface area (Å²) in [6.45, 7) is 2.50. The summed E-state index contributed by atoms with van der Waals surface area (Å²) < 4.78 is 53.8. The van der Waals surface area contributed by atoms with Crippen LogP contribution in [0.2, 0.25) is 0 Å². The van der Waals surface area contributed by atoms with Crippen LogP contribution >= 0.6 is 0 Å². The molecule has 1 aliphatic heterocycles. The van der Waals surface area contributed by atoms with E-state index in [4.69, 9.17) is 0 Å². The predicted octanol–water partition coefficient (Wildman–Crippen LogP) is 3.28. The molecule has 0 aliphatic carbocycles. The molecule has 0 radical (unpaired) electrons. The molecule has 1 amide bonds. The van der Waals surface area contributed by atoms with Gasteiger partial charge < -0.3 is 10.0 Å². The van der Waals surface area contributed by atoms with Crippen LogP contribution in [0.3, 0.4) is 0 Å². The fraction of sp³-hybridized carbons (Fsp3) is 0.474. The minimum Gasteiger partial charge on any atom is -0.373 e. The monoisotopic (exact) mass is 399 g/mol. The summed E-state index contributed by atoms with van der Waals surface area (Å²) in [5.41, 5.74) is -1.89. The highest BCUT2D eigenvalue weighted by Gasteiger charge is 2.57. The number of aromatic nitrogens is 2. The van der Waals surface area contributed by atoms with Gasteiger partial charge in [-0.05, 0) is 49.6 Å². The topological polar surface area (TPSA) is 58.4 Å². The summed E-state index contributed by atoms with van der Waals surface area (Å²) in [7, 11) is 0. The maximum atomic E-state index is 13.2. The van der Waals surface area contributed by atoms with Crippen molar-refractivity contribution in [3.8, 4) is 5.69 Å². The van der Waals surface area contributed by atoms with Gasteiger partial charge in [0.25, 0.3) is 5.91 Å². The Morgan fingerprint density at radius 1 is 1.21 bits per heavy atom. The van der Waals surface area contributed by atoms with Crippen LogP contribution in [0.15, 0.2) is 36.5 Å². The van der Waals surface area contributed by atoms with Gasteiger partial charge in [-0.2, -0.15) is 18.3 Å². The molecule has 5 nitrogen and oxygen atoms in total. The van der Waals surface area contributed by atoms with Crippen LogP contribution in [0.4, 0.5) is 17.6 Å². The first-order valence-electron chi connectivity index (χ1n) is 8.90. The van der Waals surface area contributed by atoms with E-state index in [1.54, 1.807) is 23.0 Å². The summed E-state index contributed by atoms with van der Waals surface area (Å²) in [5.74, 6) is -1.91. The van der Waals surface area contributed by atoms with E-state index in [0.29, 0.717) is 19.0 Å². The lowest BCUT2D eigenvalue weighted by Gasteiger charge is -2.40. The zero-order chi connectivity index (χ0) is 20.7. The second-order valence-corrected chi connectivity index (χ2v) is 7.34. The number of hydrogen-bond acceptors (Lipinski definition) is 3. The van der Waals surface area contributed by atoms with Gasteiger partial charge in [0.1, 0.15) is 5.82 Å². The van der Waals surface area contributed by atoms with Crippen LogP contribution in [0, 0.1) is 11.7 Å². The molecule has 9 heteroatoms. The Bertz CT molecular complexity index is 846. The molecule has 1 unspecified atom stereocenters. The second-order valence-electron chi connectivity index (χ2n) is 7.34. The minimum atomic E-state index is -5.04. The zero-order valence-electron chi connectivity index (χ0n) is 15.4. The number of hydrogen-bond donors (Lipinski definition) is 1. The lowest BCUT2D eigenvalue weighted by atomic mass is 9.83. The van der Waals surface area contributed by atoms with Crippen molar-refractivity contribution < 1.29 is 27.5 Å². The second kappa shape index (κ2) is 7.20. The van der Waals surface area contributed by atoms with Gasteiger partial charge in [-0.1, -0.05) is 6.92 Å². The van der Waals surface area contributed by atoms with Crippen LogP contribution in [-0.4, -0.2) is 50.6 Å². The molecule has 1 aromatic carbocycles. The Morgan fingerprint density at radius 3 is 2.43 bits per heavy atom. The van der Waals surface area contributed by atoms with Crippen LogP contribution in [0.5, 0.6) is 0 Å². The van der Waals surface area contributed by atoms with Crippen LogP contribution in [0.25, 0.3) is 5.69 Å².